The zero-order chi connectivity index (χ0) is 18.6. The number of aromatic amines is 1. The van der Waals surface area contributed by atoms with Crippen LogP contribution in [0.4, 0.5) is 5.69 Å². The van der Waals surface area contributed by atoms with Gasteiger partial charge in [-0.1, -0.05) is 12.7 Å². The number of nitrogens with one attached hydrogen (secondary N) is 2. The first-order valence-electron chi connectivity index (χ1n) is 8.34. The lowest BCUT2D eigenvalue weighted by atomic mass is 10.1. The van der Waals surface area contributed by atoms with Crippen LogP contribution in [-0.4, -0.2) is 25.7 Å². The van der Waals surface area contributed by atoms with Gasteiger partial charge >= 0.3 is 0 Å². The van der Waals surface area contributed by atoms with E-state index >= 15 is 0 Å². The van der Waals surface area contributed by atoms with Gasteiger partial charge in [-0.15, -0.1) is 11.8 Å². The average Bonchev–Trinajstić information content (AvgIpc) is 3.16. The number of thioether (sulfide) groups is 1. The fourth-order valence-corrected chi connectivity index (χ4v) is 3.33. The molecule has 2 N–H and O–H groups in total. The van der Waals surface area contributed by atoms with Gasteiger partial charge in [0, 0.05) is 41.7 Å². The average molecular weight is 375 g/mol. The van der Waals surface area contributed by atoms with E-state index in [1.165, 1.54) is 0 Å². The van der Waals surface area contributed by atoms with Gasteiger partial charge in [0.15, 0.2) is 5.65 Å². The Morgan fingerprint density at radius 1 is 1.30 bits per heavy atom. The maximum absolute atomic E-state index is 11.7. The van der Waals surface area contributed by atoms with Crippen LogP contribution in [0.25, 0.3) is 16.9 Å². The van der Waals surface area contributed by atoms with Gasteiger partial charge in [-0.3, -0.25) is 14.2 Å². The number of anilines is 1. The number of allylic oxidation sites excluding steroid dienone is 2. The third-order valence-electron chi connectivity index (χ3n) is 4.00. The molecule has 0 bridgehead atoms. The summed E-state index contributed by atoms with van der Waals surface area (Å²) in [6.07, 6.45) is 11.2. The molecule has 0 saturated carbocycles. The molecular weight excluding hydrogens is 358 g/mol. The second-order valence-electron chi connectivity index (χ2n) is 5.88. The Morgan fingerprint density at radius 3 is 3.11 bits per heavy atom. The highest BCUT2D eigenvalue weighted by molar-refractivity contribution is 8.12. The topological polar surface area (TPSA) is 74.5 Å². The van der Waals surface area contributed by atoms with Gasteiger partial charge in [0.05, 0.1) is 22.6 Å². The first-order valence-corrected chi connectivity index (χ1v) is 9.39. The maximum atomic E-state index is 11.7. The van der Waals surface area contributed by atoms with Crippen molar-refractivity contribution in [2.24, 2.45) is 4.99 Å². The van der Waals surface area contributed by atoms with Gasteiger partial charge < -0.3 is 10.3 Å². The predicted molar refractivity (Wildman–Crippen MR) is 112 cm³/mol. The molecule has 3 aromatic rings. The Bertz CT molecular complexity index is 1150. The van der Waals surface area contributed by atoms with Crippen LogP contribution in [0.15, 0.2) is 88.8 Å². The van der Waals surface area contributed by atoms with E-state index in [9.17, 15) is 4.79 Å². The summed E-state index contributed by atoms with van der Waals surface area (Å²) in [6.45, 7) is 3.95. The molecule has 0 saturated heterocycles. The fraction of sp³-hybridized carbons (Fsp3) is 0.0500. The summed E-state index contributed by atoms with van der Waals surface area (Å²) < 4.78 is 1.96. The second-order valence-corrected chi connectivity index (χ2v) is 6.76. The second kappa shape index (κ2) is 7.51. The lowest BCUT2D eigenvalue weighted by Gasteiger charge is -2.12. The van der Waals surface area contributed by atoms with E-state index in [0.717, 1.165) is 34.0 Å². The maximum Gasteiger partial charge on any atom is 0.248 e. The Hall–Kier alpha value is -3.32. The number of aliphatic imine (C=N–C) groups is 1. The van der Waals surface area contributed by atoms with Gasteiger partial charge in [-0.25, -0.2) is 4.98 Å². The molecule has 0 spiro atoms. The summed E-state index contributed by atoms with van der Waals surface area (Å²) in [4.78, 5) is 23.1. The molecule has 0 unspecified atom stereocenters. The molecule has 1 aliphatic heterocycles. The van der Waals surface area contributed by atoms with E-state index in [1.54, 1.807) is 35.8 Å². The van der Waals surface area contributed by atoms with Crippen LogP contribution in [0, 0.1) is 0 Å². The molecule has 0 aliphatic carbocycles. The standard InChI is InChI=1S/C20H17N5OS/c1-14-11-16(3-2-10-27-13-23-14)24-17-4-5-18(25-9-8-22-20(17)25)15-6-7-21-19(26)12-15/h2-9,11-13,24H,1,10H2,(H,21,26)/b3-2-,16-11+,23-13-. The van der Waals surface area contributed by atoms with Gasteiger partial charge in [0.25, 0.3) is 0 Å². The minimum absolute atomic E-state index is 0.138. The van der Waals surface area contributed by atoms with Crippen LogP contribution >= 0.6 is 11.8 Å². The lowest BCUT2D eigenvalue weighted by Crippen LogP contribution is -2.05. The quantitative estimate of drug-likeness (QED) is 0.730. The molecule has 0 fully saturated rings. The number of pyridine rings is 2. The molecule has 0 atom stereocenters. The lowest BCUT2D eigenvalue weighted by molar-refractivity contribution is 1.17. The zero-order valence-corrected chi connectivity index (χ0v) is 15.2. The third kappa shape index (κ3) is 3.78. The van der Waals surface area contributed by atoms with E-state index in [4.69, 9.17) is 0 Å². The summed E-state index contributed by atoms with van der Waals surface area (Å²) in [5.74, 6) is 0.843. The molecule has 27 heavy (non-hydrogen) atoms. The Morgan fingerprint density at radius 2 is 2.22 bits per heavy atom. The van der Waals surface area contributed by atoms with Crippen LogP contribution in [0.2, 0.25) is 0 Å². The summed E-state index contributed by atoms with van der Waals surface area (Å²) in [7, 11) is 0. The number of H-pyrrole nitrogens is 1. The minimum atomic E-state index is -0.138. The van der Waals surface area contributed by atoms with Crippen molar-refractivity contribution in [2.45, 2.75) is 0 Å². The van der Waals surface area contributed by atoms with E-state index in [2.05, 4.69) is 32.9 Å². The molecule has 134 valence electrons. The largest absolute Gasteiger partial charge is 0.352 e. The van der Waals surface area contributed by atoms with Crippen LogP contribution < -0.4 is 10.9 Å². The van der Waals surface area contributed by atoms with Crippen molar-refractivity contribution < 1.29 is 0 Å². The van der Waals surface area contributed by atoms with E-state index in [1.807, 2.05) is 40.9 Å². The van der Waals surface area contributed by atoms with Crippen molar-refractivity contribution in [3.63, 3.8) is 0 Å². The summed E-state index contributed by atoms with van der Waals surface area (Å²) in [5.41, 5.74) is 6.57. The Balaban J connectivity index is 1.75. The molecule has 1 aliphatic rings. The third-order valence-corrected chi connectivity index (χ3v) is 4.64. The van der Waals surface area contributed by atoms with Crippen molar-refractivity contribution in [3.05, 3.63) is 89.4 Å². The van der Waals surface area contributed by atoms with E-state index in [0.29, 0.717) is 5.70 Å². The normalized spacial score (nSPS) is 18.8. The highest BCUT2D eigenvalue weighted by Gasteiger charge is 2.10. The van der Waals surface area contributed by atoms with Gasteiger partial charge in [-0.05, 0) is 30.4 Å². The minimum Gasteiger partial charge on any atom is -0.352 e. The van der Waals surface area contributed by atoms with E-state index < -0.39 is 0 Å². The van der Waals surface area contributed by atoms with Gasteiger partial charge in [0.2, 0.25) is 5.56 Å². The number of rotatable bonds is 3. The van der Waals surface area contributed by atoms with Gasteiger partial charge in [0.1, 0.15) is 0 Å². The number of fused-ring (bicyclic) bond motifs is 1. The summed E-state index contributed by atoms with van der Waals surface area (Å²) in [5, 5.41) is 3.41. The molecule has 0 aromatic carbocycles. The first-order chi connectivity index (χ1) is 13.2. The molecular formula is C20H17N5OS. The number of imidazole rings is 1. The smallest absolute Gasteiger partial charge is 0.248 e. The van der Waals surface area contributed by atoms with Crippen LogP contribution in [-0.2, 0) is 0 Å². The number of hydrogen-bond donors (Lipinski definition) is 2. The van der Waals surface area contributed by atoms with E-state index in [-0.39, 0.29) is 5.56 Å². The monoisotopic (exact) mass is 375 g/mol. The van der Waals surface area contributed by atoms with Crippen molar-refractivity contribution in [1.82, 2.24) is 14.4 Å². The molecule has 0 radical (unpaired) electrons. The van der Waals surface area contributed by atoms with Crippen LogP contribution in [0.1, 0.15) is 0 Å². The molecule has 3 aromatic heterocycles. The Labute approximate surface area is 160 Å². The molecule has 4 rings (SSSR count). The summed E-state index contributed by atoms with van der Waals surface area (Å²) in [6, 6.07) is 7.37. The highest BCUT2D eigenvalue weighted by atomic mass is 32.2. The van der Waals surface area contributed by atoms with Gasteiger partial charge in [-0.2, -0.15) is 0 Å². The van der Waals surface area contributed by atoms with Crippen molar-refractivity contribution in [2.75, 3.05) is 11.1 Å². The van der Waals surface area contributed by atoms with Crippen molar-refractivity contribution >= 4 is 28.6 Å². The van der Waals surface area contributed by atoms with Crippen molar-refractivity contribution in [3.8, 4) is 11.3 Å². The first kappa shape index (κ1) is 17.1. The highest BCUT2D eigenvalue weighted by Crippen LogP contribution is 2.26. The predicted octanol–water partition coefficient (Wildman–Crippen LogP) is 3.83. The number of hydrogen-bond acceptors (Lipinski definition) is 5. The molecule has 7 heteroatoms. The number of nitrogens with zero attached hydrogens (tertiary/aromatic N) is 3. The summed E-state index contributed by atoms with van der Waals surface area (Å²) >= 11 is 1.61. The zero-order valence-electron chi connectivity index (χ0n) is 14.4. The molecule has 0 amide bonds. The molecule has 6 nitrogen and oxygen atoms in total. The van der Waals surface area contributed by atoms with Crippen LogP contribution in [0.3, 0.4) is 0 Å². The number of aromatic nitrogens is 3. The fourth-order valence-electron chi connectivity index (χ4n) is 2.83. The van der Waals surface area contributed by atoms with Crippen molar-refractivity contribution in [1.29, 1.82) is 0 Å². The Kier molecular flexibility index (Phi) is 4.76. The molecule has 4 heterocycles. The SMILES string of the molecule is C=C1/C=C(Nc2ccc(-c3cc[nH]c(=O)c3)n3ccnc23)\C=C/CS/C=N\1. The van der Waals surface area contributed by atoms with Crippen LogP contribution in [0.5, 0.6) is 0 Å².